The number of methoxy groups -OCH3 is 1. The third-order valence-electron chi connectivity index (χ3n) is 5.04. The predicted molar refractivity (Wildman–Crippen MR) is 120 cm³/mol. The highest BCUT2D eigenvalue weighted by atomic mass is 35.5. The van der Waals surface area contributed by atoms with Crippen LogP contribution in [0.25, 0.3) is 10.6 Å². The zero-order valence-corrected chi connectivity index (χ0v) is 18.9. The lowest BCUT2D eigenvalue weighted by molar-refractivity contribution is 0.180. The summed E-state index contributed by atoms with van der Waals surface area (Å²) in [5, 5.41) is 3.26. The van der Waals surface area contributed by atoms with Gasteiger partial charge in [-0.2, -0.15) is 4.31 Å². The van der Waals surface area contributed by atoms with Gasteiger partial charge in [0.2, 0.25) is 10.0 Å². The Balaban J connectivity index is 1.39. The van der Waals surface area contributed by atoms with E-state index in [1.165, 1.54) is 4.31 Å². The quantitative estimate of drug-likeness (QED) is 0.553. The third kappa shape index (κ3) is 4.53. The van der Waals surface area contributed by atoms with Crippen LogP contribution in [0.15, 0.2) is 58.8 Å². The van der Waals surface area contributed by atoms with Crippen LogP contribution in [0.1, 0.15) is 5.69 Å². The Morgan fingerprint density at radius 3 is 2.60 bits per heavy atom. The van der Waals surface area contributed by atoms with Crippen molar-refractivity contribution in [2.75, 3.05) is 33.3 Å². The number of benzene rings is 2. The van der Waals surface area contributed by atoms with Crippen LogP contribution in [0.4, 0.5) is 0 Å². The van der Waals surface area contributed by atoms with Crippen LogP contribution in [0.2, 0.25) is 5.02 Å². The molecule has 1 aliphatic heterocycles. The van der Waals surface area contributed by atoms with E-state index >= 15 is 0 Å². The monoisotopic (exact) mass is 463 g/mol. The molecule has 158 valence electrons. The first-order chi connectivity index (χ1) is 14.5. The Hall–Kier alpha value is -1.97. The zero-order chi connectivity index (χ0) is 21.1. The van der Waals surface area contributed by atoms with Crippen molar-refractivity contribution in [3.63, 3.8) is 0 Å². The van der Waals surface area contributed by atoms with Crippen LogP contribution in [-0.4, -0.2) is 55.9 Å². The first-order valence-corrected chi connectivity index (χ1v) is 12.2. The van der Waals surface area contributed by atoms with Crippen molar-refractivity contribution < 1.29 is 13.2 Å². The summed E-state index contributed by atoms with van der Waals surface area (Å²) in [6.45, 7) is 2.85. The van der Waals surface area contributed by atoms with Crippen molar-refractivity contribution in [2.24, 2.45) is 0 Å². The van der Waals surface area contributed by atoms with E-state index in [2.05, 4.69) is 10.3 Å². The molecular weight excluding hydrogens is 442 g/mol. The molecule has 0 unspecified atom stereocenters. The van der Waals surface area contributed by atoms with Crippen LogP contribution in [0.3, 0.4) is 0 Å². The number of rotatable bonds is 6. The highest BCUT2D eigenvalue weighted by Gasteiger charge is 2.30. The van der Waals surface area contributed by atoms with Crippen molar-refractivity contribution in [1.82, 2.24) is 14.2 Å². The smallest absolute Gasteiger partial charge is 0.244 e. The molecule has 9 heteroatoms. The van der Waals surface area contributed by atoms with Gasteiger partial charge in [0, 0.05) is 43.7 Å². The first kappa shape index (κ1) is 21.3. The predicted octanol–water partition coefficient (Wildman–Crippen LogP) is 3.98. The van der Waals surface area contributed by atoms with E-state index in [1.54, 1.807) is 42.7 Å². The Labute approximate surface area is 185 Å². The lowest BCUT2D eigenvalue weighted by atomic mass is 10.2. The van der Waals surface area contributed by atoms with Gasteiger partial charge in [-0.15, -0.1) is 11.3 Å². The van der Waals surface area contributed by atoms with E-state index in [-0.39, 0.29) is 9.92 Å². The number of piperazine rings is 1. The van der Waals surface area contributed by atoms with Crippen molar-refractivity contribution >= 4 is 33.0 Å². The van der Waals surface area contributed by atoms with Crippen LogP contribution in [0, 0.1) is 0 Å². The second-order valence-corrected chi connectivity index (χ2v) is 10.2. The number of halogens is 1. The van der Waals surface area contributed by atoms with Crippen LogP contribution in [0.5, 0.6) is 5.75 Å². The maximum atomic E-state index is 12.9. The molecule has 6 nitrogen and oxygen atoms in total. The zero-order valence-electron chi connectivity index (χ0n) is 16.5. The number of thiazole rings is 1. The summed E-state index contributed by atoms with van der Waals surface area (Å²) in [6, 6.07) is 14.4. The SMILES string of the molecule is COc1cccc(-c2nc(CN3CCN(S(=O)(=O)c4ccccc4Cl)CC3)cs2)c1. The summed E-state index contributed by atoms with van der Waals surface area (Å²) in [4.78, 5) is 7.14. The van der Waals surface area contributed by atoms with E-state index in [9.17, 15) is 8.42 Å². The van der Waals surface area contributed by atoms with Gasteiger partial charge in [0.15, 0.2) is 0 Å². The molecule has 0 bridgehead atoms. The standard InChI is InChI=1S/C21H22ClN3O3S2/c1-28-18-6-4-5-16(13-18)21-23-17(15-29-21)14-24-9-11-25(12-10-24)30(26,27)20-8-3-2-7-19(20)22/h2-8,13,15H,9-12,14H2,1H3. The van der Waals surface area contributed by atoms with E-state index in [0.29, 0.717) is 32.7 Å². The van der Waals surface area contributed by atoms with Crippen LogP contribution in [-0.2, 0) is 16.6 Å². The van der Waals surface area contributed by atoms with Crippen molar-refractivity contribution in [1.29, 1.82) is 0 Å². The normalized spacial score (nSPS) is 15.9. The van der Waals surface area contributed by atoms with Gasteiger partial charge < -0.3 is 4.74 Å². The molecule has 0 amide bonds. The molecule has 1 aliphatic rings. The molecule has 2 heterocycles. The lowest BCUT2D eigenvalue weighted by Crippen LogP contribution is -2.48. The second-order valence-electron chi connectivity index (χ2n) is 6.99. The number of ether oxygens (including phenoxy) is 1. The van der Waals surface area contributed by atoms with Crippen molar-refractivity contribution in [2.45, 2.75) is 11.4 Å². The maximum Gasteiger partial charge on any atom is 0.244 e. The molecule has 0 atom stereocenters. The van der Waals surface area contributed by atoms with E-state index in [4.69, 9.17) is 21.3 Å². The average Bonchev–Trinajstić information content (AvgIpc) is 3.23. The maximum absolute atomic E-state index is 12.9. The Morgan fingerprint density at radius 2 is 1.87 bits per heavy atom. The molecular formula is C21H22ClN3O3S2. The minimum atomic E-state index is -3.58. The van der Waals surface area contributed by atoms with E-state index in [1.807, 2.05) is 24.3 Å². The topological polar surface area (TPSA) is 62.7 Å². The number of nitrogens with zero attached hydrogens (tertiary/aromatic N) is 3. The molecule has 0 radical (unpaired) electrons. The summed E-state index contributed by atoms with van der Waals surface area (Å²) in [6.07, 6.45) is 0. The molecule has 0 N–H and O–H groups in total. The number of aromatic nitrogens is 1. The van der Waals surface area contributed by atoms with Gasteiger partial charge in [-0.1, -0.05) is 35.9 Å². The summed E-state index contributed by atoms with van der Waals surface area (Å²) >= 11 is 7.70. The fourth-order valence-corrected chi connectivity index (χ4v) is 6.14. The Morgan fingerprint density at radius 1 is 1.10 bits per heavy atom. The number of hydrogen-bond donors (Lipinski definition) is 0. The largest absolute Gasteiger partial charge is 0.497 e. The summed E-state index contributed by atoms with van der Waals surface area (Å²) in [7, 11) is -1.93. The van der Waals surface area contributed by atoms with Crippen LogP contribution >= 0.6 is 22.9 Å². The molecule has 4 rings (SSSR count). The molecule has 0 aliphatic carbocycles. The van der Waals surface area contributed by atoms with Gasteiger partial charge >= 0.3 is 0 Å². The molecule has 2 aromatic carbocycles. The fourth-order valence-electron chi connectivity index (χ4n) is 3.42. The average molecular weight is 464 g/mol. The summed E-state index contributed by atoms with van der Waals surface area (Å²) in [5.41, 5.74) is 2.02. The molecule has 1 fully saturated rings. The molecule has 1 aromatic heterocycles. The molecule has 0 saturated carbocycles. The molecule has 3 aromatic rings. The summed E-state index contributed by atoms with van der Waals surface area (Å²) < 4.78 is 32.6. The van der Waals surface area contributed by atoms with Crippen LogP contribution < -0.4 is 4.74 Å². The van der Waals surface area contributed by atoms with Gasteiger partial charge in [0.1, 0.15) is 15.7 Å². The third-order valence-corrected chi connectivity index (χ3v) is 8.38. The van der Waals surface area contributed by atoms with E-state index in [0.717, 1.165) is 22.0 Å². The second kappa shape index (κ2) is 9.03. The minimum absolute atomic E-state index is 0.169. The Bertz CT molecular complexity index is 1130. The molecule has 30 heavy (non-hydrogen) atoms. The minimum Gasteiger partial charge on any atom is -0.497 e. The fraction of sp³-hybridized carbons (Fsp3) is 0.286. The van der Waals surface area contributed by atoms with Crippen molar-refractivity contribution in [3.05, 3.63) is 64.6 Å². The van der Waals surface area contributed by atoms with Gasteiger partial charge in [-0.3, -0.25) is 4.90 Å². The number of sulfonamides is 1. The molecule has 1 saturated heterocycles. The van der Waals surface area contributed by atoms with Gasteiger partial charge in [0.05, 0.1) is 17.8 Å². The highest BCUT2D eigenvalue weighted by molar-refractivity contribution is 7.89. The van der Waals surface area contributed by atoms with Gasteiger partial charge in [-0.25, -0.2) is 13.4 Å². The number of hydrogen-bond acceptors (Lipinski definition) is 6. The first-order valence-electron chi connectivity index (χ1n) is 9.53. The Kier molecular flexibility index (Phi) is 6.40. The van der Waals surface area contributed by atoms with E-state index < -0.39 is 10.0 Å². The molecule has 0 spiro atoms. The van der Waals surface area contributed by atoms with Gasteiger partial charge in [-0.05, 0) is 24.3 Å². The van der Waals surface area contributed by atoms with Gasteiger partial charge in [0.25, 0.3) is 0 Å². The lowest BCUT2D eigenvalue weighted by Gasteiger charge is -2.33. The van der Waals surface area contributed by atoms with Crippen molar-refractivity contribution in [3.8, 4) is 16.3 Å². The summed E-state index contributed by atoms with van der Waals surface area (Å²) in [5.74, 6) is 0.806. The highest BCUT2D eigenvalue weighted by Crippen LogP contribution is 2.28.